The fourth-order valence-corrected chi connectivity index (χ4v) is 3.65. The van der Waals surface area contributed by atoms with Crippen molar-refractivity contribution in [3.63, 3.8) is 0 Å². The molecular formula is C17H25N3O. The Kier molecular flexibility index (Phi) is 4.00. The first-order valence-corrected chi connectivity index (χ1v) is 7.84. The number of aliphatic hydroxyl groups excluding tert-OH is 1. The van der Waals surface area contributed by atoms with Crippen LogP contribution in [0.3, 0.4) is 0 Å². The Bertz CT molecular complexity index is 612. The van der Waals surface area contributed by atoms with Crippen molar-refractivity contribution in [3.05, 3.63) is 30.1 Å². The molecule has 0 spiro atoms. The number of aliphatic hydroxyl groups is 1. The van der Waals surface area contributed by atoms with Crippen LogP contribution in [-0.2, 0) is 7.05 Å². The number of fused-ring (bicyclic) bond motifs is 1. The molecule has 2 aromatic rings. The number of hydrogen-bond donors (Lipinski definition) is 1. The number of rotatable bonds is 3. The van der Waals surface area contributed by atoms with Crippen LogP contribution in [-0.4, -0.2) is 39.2 Å². The summed E-state index contributed by atoms with van der Waals surface area (Å²) in [5, 5.41) is 10.5. The number of β-amino-alcohol motifs (C(OH)–C–C–N with tert-alkyl or cyclic N) is 1. The summed E-state index contributed by atoms with van der Waals surface area (Å²) in [6.07, 6.45) is 2.68. The second-order valence-electron chi connectivity index (χ2n) is 6.78. The van der Waals surface area contributed by atoms with E-state index in [1.54, 1.807) is 0 Å². The smallest absolute Gasteiger partial charge is 0.0955 e. The van der Waals surface area contributed by atoms with Crippen molar-refractivity contribution in [2.24, 2.45) is 18.9 Å². The summed E-state index contributed by atoms with van der Waals surface area (Å²) in [4.78, 5) is 6.77. The molecule has 1 aliphatic rings. The van der Waals surface area contributed by atoms with Gasteiger partial charge in [0.2, 0.25) is 0 Å². The number of imidazole rings is 1. The minimum Gasteiger partial charge on any atom is -0.387 e. The summed E-state index contributed by atoms with van der Waals surface area (Å²) in [5.41, 5.74) is 3.02. The summed E-state index contributed by atoms with van der Waals surface area (Å²) in [5.74, 6) is 1.44. The molecule has 1 fully saturated rings. The monoisotopic (exact) mass is 287 g/mol. The van der Waals surface area contributed by atoms with Gasteiger partial charge in [0.1, 0.15) is 0 Å². The fraction of sp³-hybridized carbons (Fsp3) is 0.588. The van der Waals surface area contributed by atoms with Crippen molar-refractivity contribution in [2.45, 2.75) is 26.4 Å². The number of piperidine rings is 1. The lowest BCUT2D eigenvalue weighted by Crippen LogP contribution is -2.40. The van der Waals surface area contributed by atoms with E-state index < -0.39 is 6.10 Å². The number of benzene rings is 1. The maximum atomic E-state index is 10.5. The largest absolute Gasteiger partial charge is 0.387 e. The van der Waals surface area contributed by atoms with Crippen molar-refractivity contribution in [3.8, 4) is 0 Å². The highest BCUT2D eigenvalue weighted by atomic mass is 16.3. The lowest BCUT2D eigenvalue weighted by molar-refractivity contribution is 0.0700. The molecule has 3 atom stereocenters. The summed E-state index contributed by atoms with van der Waals surface area (Å²) in [7, 11) is 1.99. The molecule has 1 N–H and O–H groups in total. The van der Waals surface area contributed by atoms with E-state index in [1.165, 1.54) is 6.42 Å². The van der Waals surface area contributed by atoms with E-state index in [2.05, 4.69) is 23.7 Å². The fourth-order valence-electron chi connectivity index (χ4n) is 3.65. The summed E-state index contributed by atoms with van der Waals surface area (Å²) < 4.78 is 2.00. The van der Waals surface area contributed by atoms with Crippen LogP contribution in [0.4, 0.5) is 0 Å². The zero-order chi connectivity index (χ0) is 15.0. The predicted molar refractivity (Wildman–Crippen MR) is 85.1 cm³/mol. The van der Waals surface area contributed by atoms with Gasteiger partial charge >= 0.3 is 0 Å². The zero-order valence-corrected chi connectivity index (χ0v) is 13.2. The van der Waals surface area contributed by atoms with Gasteiger partial charge in [0.15, 0.2) is 0 Å². The van der Waals surface area contributed by atoms with Gasteiger partial charge in [-0.05, 0) is 36.0 Å². The second kappa shape index (κ2) is 5.78. The van der Waals surface area contributed by atoms with Crippen LogP contribution >= 0.6 is 0 Å². The molecule has 0 amide bonds. The third-order valence-electron chi connectivity index (χ3n) is 4.51. The number of aryl methyl sites for hydroxylation is 1. The lowest BCUT2D eigenvalue weighted by Gasteiger charge is -2.36. The van der Waals surface area contributed by atoms with Crippen molar-refractivity contribution in [1.82, 2.24) is 14.5 Å². The molecule has 0 radical (unpaired) electrons. The molecule has 1 aromatic carbocycles. The highest BCUT2D eigenvalue weighted by Gasteiger charge is 2.24. The highest BCUT2D eigenvalue weighted by Crippen LogP contribution is 2.25. The second-order valence-corrected chi connectivity index (χ2v) is 6.78. The van der Waals surface area contributed by atoms with Crippen molar-refractivity contribution >= 4 is 11.0 Å². The van der Waals surface area contributed by atoms with E-state index in [0.717, 1.165) is 41.5 Å². The number of nitrogens with zero attached hydrogens (tertiary/aromatic N) is 3. The Balaban J connectivity index is 1.72. The van der Waals surface area contributed by atoms with Gasteiger partial charge in [0, 0.05) is 26.7 Å². The van der Waals surface area contributed by atoms with Gasteiger partial charge in [-0.15, -0.1) is 0 Å². The number of hydrogen-bond acceptors (Lipinski definition) is 3. The van der Waals surface area contributed by atoms with Gasteiger partial charge in [0.25, 0.3) is 0 Å². The van der Waals surface area contributed by atoms with E-state index in [1.807, 2.05) is 36.1 Å². The Morgan fingerprint density at radius 2 is 2.00 bits per heavy atom. The van der Waals surface area contributed by atoms with Crippen LogP contribution in [0.1, 0.15) is 31.9 Å². The van der Waals surface area contributed by atoms with Gasteiger partial charge in [-0.25, -0.2) is 4.98 Å². The average Bonchev–Trinajstić information content (AvgIpc) is 2.78. The van der Waals surface area contributed by atoms with Gasteiger partial charge in [-0.1, -0.05) is 19.9 Å². The summed E-state index contributed by atoms with van der Waals surface area (Å²) >= 11 is 0. The van der Waals surface area contributed by atoms with E-state index in [-0.39, 0.29) is 0 Å². The molecule has 0 bridgehead atoms. The van der Waals surface area contributed by atoms with E-state index >= 15 is 0 Å². The molecule has 4 nitrogen and oxygen atoms in total. The first-order valence-electron chi connectivity index (χ1n) is 7.84. The van der Waals surface area contributed by atoms with E-state index in [9.17, 15) is 5.11 Å². The van der Waals surface area contributed by atoms with Gasteiger partial charge in [-0.3, -0.25) is 4.90 Å². The van der Waals surface area contributed by atoms with Crippen molar-refractivity contribution in [2.75, 3.05) is 19.6 Å². The molecule has 114 valence electrons. The highest BCUT2D eigenvalue weighted by molar-refractivity contribution is 5.76. The third-order valence-corrected chi connectivity index (χ3v) is 4.51. The SMILES string of the molecule is CC1CC(C)CN(CC(O)c2ccc3c(c2)ncn3C)C1. The van der Waals surface area contributed by atoms with Crippen LogP contribution in [0, 0.1) is 11.8 Å². The van der Waals surface area contributed by atoms with Crippen LogP contribution in [0.15, 0.2) is 24.5 Å². The Morgan fingerprint density at radius 3 is 2.71 bits per heavy atom. The maximum absolute atomic E-state index is 10.5. The minimum atomic E-state index is -0.436. The number of aromatic nitrogens is 2. The molecule has 3 rings (SSSR count). The van der Waals surface area contributed by atoms with Gasteiger partial charge in [0.05, 0.1) is 23.5 Å². The molecule has 0 aliphatic carbocycles. The first-order chi connectivity index (χ1) is 10.0. The molecule has 1 aliphatic heterocycles. The quantitative estimate of drug-likeness (QED) is 0.943. The summed E-state index contributed by atoms with van der Waals surface area (Å²) in [6, 6.07) is 6.07. The molecule has 2 heterocycles. The Labute approximate surface area is 126 Å². The van der Waals surface area contributed by atoms with Gasteiger partial charge in [-0.2, -0.15) is 0 Å². The standard InChI is InChI=1S/C17H25N3O/c1-12-6-13(2)9-20(8-12)10-17(21)14-4-5-16-15(7-14)18-11-19(16)3/h4-5,7,11-13,17,21H,6,8-10H2,1-3H3. The molecule has 3 unspecified atom stereocenters. The van der Waals surface area contributed by atoms with E-state index in [4.69, 9.17) is 0 Å². The maximum Gasteiger partial charge on any atom is 0.0955 e. The average molecular weight is 287 g/mol. The molecule has 21 heavy (non-hydrogen) atoms. The minimum absolute atomic E-state index is 0.436. The molecule has 1 aromatic heterocycles. The topological polar surface area (TPSA) is 41.3 Å². The van der Waals surface area contributed by atoms with Crippen LogP contribution in [0.25, 0.3) is 11.0 Å². The summed E-state index contributed by atoms with van der Waals surface area (Å²) in [6.45, 7) is 7.50. The van der Waals surface area contributed by atoms with Crippen LogP contribution in [0.5, 0.6) is 0 Å². The lowest BCUT2D eigenvalue weighted by atomic mass is 9.91. The number of likely N-dealkylation sites (tertiary alicyclic amines) is 1. The van der Waals surface area contributed by atoms with Crippen molar-refractivity contribution in [1.29, 1.82) is 0 Å². The molecule has 1 saturated heterocycles. The Hall–Kier alpha value is -1.39. The molecule has 0 saturated carbocycles. The van der Waals surface area contributed by atoms with Crippen LogP contribution in [0.2, 0.25) is 0 Å². The van der Waals surface area contributed by atoms with Crippen molar-refractivity contribution < 1.29 is 5.11 Å². The van der Waals surface area contributed by atoms with Gasteiger partial charge < -0.3 is 9.67 Å². The molecular weight excluding hydrogens is 262 g/mol. The predicted octanol–water partition coefficient (Wildman–Crippen LogP) is 2.58. The Morgan fingerprint density at radius 1 is 1.29 bits per heavy atom. The van der Waals surface area contributed by atoms with Crippen LogP contribution < -0.4 is 0 Å². The van der Waals surface area contributed by atoms with E-state index in [0.29, 0.717) is 6.54 Å². The molecule has 4 heteroatoms. The zero-order valence-electron chi connectivity index (χ0n) is 13.2. The third kappa shape index (κ3) is 3.11. The normalized spacial score (nSPS) is 25.3. The first kappa shape index (κ1) is 14.5.